The number of imidazole rings is 1. The van der Waals surface area contributed by atoms with Gasteiger partial charge in [0.25, 0.3) is 6.43 Å². The van der Waals surface area contributed by atoms with E-state index in [4.69, 9.17) is 21.3 Å². The lowest BCUT2D eigenvalue weighted by Gasteiger charge is -2.36. The Hall–Kier alpha value is -3.11. The van der Waals surface area contributed by atoms with Gasteiger partial charge in [0.05, 0.1) is 29.6 Å². The number of amides is 2. The Morgan fingerprint density at radius 1 is 1.21 bits per heavy atom. The summed E-state index contributed by atoms with van der Waals surface area (Å²) in [4.78, 5) is 34.5. The number of H-pyrrole nitrogens is 1. The summed E-state index contributed by atoms with van der Waals surface area (Å²) in [5, 5.41) is 5.46. The fourth-order valence-electron chi connectivity index (χ4n) is 5.57. The highest BCUT2D eigenvalue weighted by molar-refractivity contribution is 6.31. The number of carbonyl (C=O) groups is 2. The maximum absolute atomic E-state index is 14.8. The summed E-state index contributed by atoms with van der Waals surface area (Å²) in [5.74, 6) is -1.02. The minimum absolute atomic E-state index is 0.0164. The van der Waals surface area contributed by atoms with Crippen molar-refractivity contribution in [2.45, 2.75) is 70.3 Å². The number of halogens is 4. The van der Waals surface area contributed by atoms with Crippen LogP contribution < -0.4 is 10.6 Å². The lowest BCUT2D eigenvalue weighted by atomic mass is 9.77. The van der Waals surface area contributed by atoms with E-state index in [9.17, 15) is 22.8 Å². The largest absolute Gasteiger partial charge is 0.383 e. The van der Waals surface area contributed by atoms with Gasteiger partial charge in [-0.3, -0.25) is 9.59 Å². The molecule has 0 saturated heterocycles. The van der Waals surface area contributed by atoms with E-state index in [2.05, 4.69) is 15.6 Å². The molecule has 2 amide bonds. The number of aromatic amines is 1. The van der Waals surface area contributed by atoms with Crippen molar-refractivity contribution < 1.29 is 27.5 Å². The van der Waals surface area contributed by atoms with Crippen LogP contribution in [0.1, 0.15) is 62.9 Å². The Labute approximate surface area is 248 Å². The molecule has 42 heavy (non-hydrogen) atoms. The van der Waals surface area contributed by atoms with Gasteiger partial charge in [-0.2, -0.15) is 0 Å². The molecule has 2 unspecified atom stereocenters. The SMILES string of the molecule is COCC(C)(C(=O)N[C@@H](C(=O)NCC(F)F)C1CCC1)c1ccc2nc(CC(c3c(F)cccc3Cl)C(C)C)[nH]c2c1. The highest BCUT2D eigenvalue weighted by atomic mass is 35.5. The van der Waals surface area contributed by atoms with Crippen LogP contribution in [0, 0.1) is 17.7 Å². The third-order valence-corrected chi connectivity index (χ3v) is 8.64. The number of alkyl halides is 2. The van der Waals surface area contributed by atoms with Gasteiger partial charge in [0.2, 0.25) is 11.8 Å². The van der Waals surface area contributed by atoms with Gasteiger partial charge in [-0.15, -0.1) is 0 Å². The molecule has 1 fully saturated rings. The topological polar surface area (TPSA) is 96.1 Å². The van der Waals surface area contributed by atoms with Crippen LogP contribution in [0.4, 0.5) is 13.2 Å². The number of hydrogen-bond donors (Lipinski definition) is 3. The zero-order valence-electron chi connectivity index (χ0n) is 24.3. The molecule has 3 atom stereocenters. The number of aromatic nitrogens is 2. The standard InChI is InChI=1S/C31H38ClF3N4O3/c1-17(2)20(27-21(32)9-6-10-22(27)33)14-26-37-23-12-11-19(13-24(23)38-26)31(3,16-42-4)30(41)39-28(18-7-5-8-18)29(40)36-15-25(34)35/h6,9-13,17-18,20,25,28H,5,7-8,14-16H2,1-4H3,(H,36,40)(H,37,38)(H,39,41)/t20?,28-,31?/m1/s1. The molecule has 1 saturated carbocycles. The van der Waals surface area contributed by atoms with Crippen molar-refractivity contribution in [1.29, 1.82) is 0 Å². The van der Waals surface area contributed by atoms with Gasteiger partial charge in [-0.25, -0.2) is 18.2 Å². The van der Waals surface area contributed by atoms with Crippen LogP contribution in [0.5, 0.6) is 0 Å². The summed E-state index contributed by atoms with van der Waals surface area (Å²) >= 11 is 6.38. The molecule has 7 nitrogen and oxygen atoms in total. The number of carbonyl (C=O) groups excluding carboxylic acids is 2. The molecule has 3 aromatic rings. The average Bonchev–Trinajstić information content (AvgIpc) is 3.31. The molecule has 2 aromatic carbocycles. The molecule has 228 valence electrons. The van der Waals surface area contributed by atoms with Gasteiger partial charge < -0.3 is 20.4 Å². The molecule has 1 aromatic heterocycles. The van der Waals surface area contributed by atoms with Gasteiger partial charge in [0.15, 0.2) is 0 Å². The Kier molecular flexibility index (Phi) is 10.2. The zero-order chi connectivity index (χ0) is 30.6. The lowest BCUT2D eigenvalue weighted by molar-refractivity contribution is -0.135. The number of benzene rings is 2. The summed E-state index contributed by atoms with van der Waals surface area (Å²) in [6, 6.07) is 9.15. The average molecular weight is 607 g/mol. The van der Waals surface area contributed by atoms with Gasteiger partial charge in [0, 0.05) is 24.1 Å². The first kappa shape index (κ1) is 31.8. The smallest absolute Gasteiger partial charge is 0.255 e. The summed E-state index contributed by atoms with van der Waals surface area (Å²) in [6.07, 6.45) is 0.109. The highest BCUT2D eigenvalue weighted by Gasteiger charge is 2.41. The van der Waals surface area contributed by atoms with Crippen LogP contribution in [0.25, 0.3) is 11.0 Å². The number of rotatable bonds is 13. The lowest BCUT2D eigenvalue weighted by Crippen LogP contribution is -2.57. The number of methoxy groups -OCH3 is 1. The molecule has 0 bridgehead atoms. The maximum Gasteiger partial charge on any atom is 0.255 e. The van der Waals surface area contributed by atoms with E-state index in [1.807, 2.05) is 19.9 Å². The second kappa shape index (κ2) is 13.5. The van der Waals surface area contributed by atoms with Gasteiger partial charge in [-0.05, 0) is 67.3 Å². The van der Waals surface area contributed by atoms with E-state index in [0.717, 1.165) is 19.3 Å². The van der Waals surface area contributed by atoms with Gasteiger partial charge in [0.1, 0.15) is 17.7 Å². The second-order valence-corrected chi connectivity index (χ2v) is 12.1. The third-order valence-electron chi connectivity index (χ3n) is 8.31. The fraction of sp³-hybridized carbons (Fsp3) is 0.516. The predicted octanol–water partition coefficient (Wildman–Crippen LogP) is 5.91. The van der Waals surface area contributed by atoms with Crippen molar-refractivity contribution in [2.75, 3.05) is 20.3 Å². The van der Waals surface area contributed by atoms with Crippen LogP contribution >= 0.6 is 11.6 Å². The molecule has 0 aliphatic heterocycles. The van der Waals surface area contributed by atoms with E-state index in [1.54, 1.807) is 31.2 Å². The Morgan fingerprint density at radius 3 is 2.55 bits per heavy atom. The minimum atomic E-state index is -2.68. The summed E-state index contributed by atoms with van der Waals surface area (Å²) in [5.41, 5.74) is 1.25. The molecule has 1 aliphatic carbocycles. The van der Waals surface area contributed by atoms with Gasteiger partial charge in [-0.1, -0.05) is 44.0 Å². The van der Waals surface area contributed by atoms with E-state index in [-0.39, 0.29) is 30.2 Å². The van der Waals surface area contributed by atoms with E-state index >= 15 is 0 Å². The van der Waals surface area contributed by atoms with Crippen LogP contribution in [-0.2, 0) is 26.2 Å². The van der Waals surface area contributed by atoms with E-state index < -0.39 is 36.2 Å². The monoisotopic (exact) mass is 606 g/mol. The first-order valence-corrected chi connectivity index (χ1v) is 14.6. The first-order valence-electron chi connectivity index (χ1n) is 14.2. The Bertz CT molecular complexity index is 1390. The quantitative estimate of drug-likeness (QED) is 0.225. The molecular formula is C31H38ClF3N4O3. The number of fused-ring (bicyclic) bond motifs is 1. The Balaban J connectivity index is 1.60. The highest BCUT2D eigenvalue weighted by Crippen LogP contribution is 2.36. The van der Waals surface area contributed by atoms with Crippen molar-refractivity contribution in [2.24, 2.45) is 11.8 Å². The van der Waals surface area contributed by atoms with Crippen molar-refractivity contribution >= 4 is 34.4 Å². The molecule has 11 heteroatoms. The van der Waals surface area contributed by atoms with Crippen LogP contribution in [0.15, 0.2) is 36.4 Å². The summed E-state index contributed by atoms with van der Waals surface area (Å²) < 4.78 is 45.7. The number of hydrogen-bond acceptors (Lipinski definition) is 4. The van der Waals surface area contributed by atoms with Crippen LogP contribution in [0.2, 0.25) is 5.02 Å². The van der Waals surface area contributed by atoms with E-state index in [1.165, 1.54) is 13.2 Å². The van der Waals surface area contributed by atoms with Crippen molar-refractivity contribution in [3.63, 3.8) is 0 Å². The fourth-order valence-corrected chi connectivity index (χ4v) is 5.88. The molecule has 1 aliphatic rings. The Morgan fingerprint density at radius 2 is 1.95 bits per heavy atom. The second-order valence-electron chi connectivity index (χ2n) is 11.6. The number of nitrogens with zero attached hydrogens (tertiary/aromatic N) is 1. The van der Waals surface area contributed by atoms with Crippen LogP contribution in [0.3, 0.4) is 0 Å². The van der Waals surface area contributed by atoms with Crippen molar-refractivity contribution in [3.8, 4) is 0 Å². The van der Waals surface area contributed by atoms with E-state index in [0.29, 0.717) is 39.4 Å². The summed E-state index contributed by atoms with van der Waals surface area (Å²) in [6.45, 7) is 4.98. The molecule has 1 heterocycles. The minimum Gasteiger partial charge on any atom is -0.383 e. The first-order chi connectivity index (χ1) is 19.9. The zero-order valence-corrected chi connectivity index (χ0v) is 25.0. The molecule has 3 N–H and O–H groups in total. The van der Waals surface area contributed by atoms with Crippen molar-refractivity contribution in [3.05, 3.63) is 64.2 Å². The molecule has 4 rings (SSSR count). The van der Waals surface area contributed by atoms with Gasteiger partial charge >= 0.3 is 0 Å². The normalized spacial score (nSPS) is 16.7. The third kappa shape index (κ3) is 6.92. The maximum atomic E-state index is 14.8. The predicted molar refractivity (Wildman–Crippen MR) is 156 cm³/mol. The van der Waals surface area contributed by atoms with Crippen LogP contribution in [-0.4, -0.2) is 54.5 Å². The number of nitrogens with one attached hydrogen (secondary N) is 3. The molecular weight excluding hydrogens is 569 g/mol. The number of ether oxygens (including phenoxy) is 1. The van der Waals surface area contributed by atoms with Crippen molar-refractivity contribution in [1.82, 2.24) is 20.6 Å². The summed E-state index contributed by atoms with van der Waals surface area (Å²) in [7, 11) is 1.48. The molecule has 0 spiro atoms. The molecule has 0 radical (unpaired) electrons.